The largest absolute Gasteiger partial charge is 0.341 e. The van der Waals surface area contributed by atoms with Crippen LogP contribution in [0.1, 0.15) is 53.5 Å². The minimum atomic E-state index is 0.688. The fourth-order valence-electron chi connectivity index (χ4n) is 4.18. The minimum Gasteiger partial charge on any atom is -0.341 e. The Labute approximate surface area is 215 Å². The van der Waals surface area contributed by atoms with Crippen molar-refractivity contribution < 1.29 is 4.79 Å². The Bertz CT molecular complexity index is 1440. The predicted octanol–water partition coefficient (Wildman–Crippen LogP) is 7.94. The standard InChI is InChI=1S/C30H28N4OS/c1-2-3-4-7-20-34(25-17-12-23(21-35)13-18-25)24-15-10-22(11-16-24)14-19-28-33-29-30(36-28)32-27-9-6-5-8-26(27)31-29/h5-6,8-19,21H,2-4,7,20H2,1H3/b19-14+. The summed E-state index contributed by atoms with van der Waals surface area (Å²) >= 11 is 1.55. The van der Waals surface area contributed by atoms with Gasteiger partial charge in [-0.2, -0.15) is 0 Å². The van der Waals surface area contributed by atoms with Gasteiger partial charge in [0.25, 0.3) is 0 Å². The molecule has 2 heterocycles. The summed E-state index contributed by atoms with van der Waals surface area (Å²) < 4.78 is 0. The van der Waals surface area contributed by atoms with Gasteiger partial charge in [0.2, 0.25) is 0 Å². The number of nitrogens with zero attached hydrogens (tertiary/aromatic N) is 4. The van der Waals surface area contributed by atoms with E-state index in [1.54, 1.807) is 11.3 Å². The minimum absolute atomic E-state index is 0.688. The number of carbonyl (C=O) groups is 1. The average molecular weight is 493 g/mol. The molecule has 0 saturated carbocycles. The lowest BCUT2D eigenvalue weighted by atomic mass is 10.1. The van der Waals surface area contributed by atoms with Crippen molar-refractivity contribution in [3.05, 3.63) is 88.9 Å². The van der Waals surface area contributed by atoms with E-state index in [9.17, 15) is 4.79 Å². The number of aromatic nitrogens is 3. The van der Waals surface area contributed by atoms with E-state index in [4.69, 9.17) is 4.98 Å². The van der Waals surface area contributed by atoms with Crippen molar-refractivity contribution in [1.82, 2.24) is 15.0 Å². The van der Waals surface area contributed by atoms with E-state index in [0.717, 1.165) is 57.1 Å². The normalized spacial score (nSPS) is 11.5. The molecule has 0 aliphatic carbocycles. The van der Waals surface area contributed by atoms with E-state index in [1.807, 2.05) is 54.6 Å². The number of rotatable bonds is 10. The number of hydrogen-bond donors (Lipinski definition) is 0. The first kappa shape index (κ1) is 23.8. The molecule has 5 rings (SSSR count). The lowest BCUT2D eigenvalue weighted by molar-refractivity contribution is 0.112. The quantitative estimate of drug-likeness (QED) is 0.146. The molecule has 0 radical (unpaired) electrons. The molecule has 0 saturated heterocycles. The molecule has 6 heteroatoms. The molecule has 2 aromatic heterocycles. The van der Waals surface area contributed by atoms with Gasteiger partial charge in [0.15, 0.2) is 10.5 Å². The molecule has 0 bridgehead atoms. The monoisotopic (exact) mass is 492 g/mol. The third-order valence-electron chi connectivity index (χ3n) is 6.14. The van der Waals surface area contributed by atoms with Crippen LogP contribution in [-0.4, -0.2) is 27.8 Å². The lowest BCUT2D eigenvalue weighted by Crippen LogP contribution is -2.18. The molecule has 0 atom stereocenters. The van der Waals surface area contributed by atoms with Crippen LogP contribution in [0, 0.1) is 0 Å². The summed E-state index contributed by atoms with van der Waals surface area (Å²) in [6, 6.07) is 24.2. The molecule has 0 amide bonds. The van der Waals surface area contributed by atoms with Crippen LogP contribution in [0.5, 0.6) is 0 Å². The molecule has 0 fully saturated rings. The van der Waals surface area contributed by atoms with Crippen LogP contribution in [-0.2, 0) is 0 Å². The summed E-state index contributed by atoms with van der Waals surface area (Å²) in [4.78, 5) is 28.2. The van der Waals surface area contributed by atoms with Gasteiger partial charge in [-0.1, -0.05) is 67.9 Å². The second-order valence-corrected chi connectivity index (χ2v) is 9.75. The molecule has 3 aromatic carbocycles. The van der Waals surface area contributed by atoms with E-state index < -0.39 is 0 Å². The summed E-state index contributed by atoms with van der Waals surface area (Å²) in [5.74, 6) is 0. The molecule has 180 valence electrons. The molecule has 5 nitrogen and oxygen atoms in total. The van der Waals surface area contributed by atoms with E-state index >= 15 is 0 Å². The number of hydrogen-bond acceptors (Lipinski definition) is 6. The van der Waals surface area contributed by atoms with Gasteiger partial charge in [-0.25, -0.2) is 15.0 Å². The predicted molar refractivity (Wildman–Crippen MR) is 151 cm³/mol. The number of fused-ring (bicyclic) bond motifs is 2. The van der Waals surface area contributed by atoms with Gasteiger partial charge in [-0.15, -0.1) is 0 Å². The SMILES string of the molecule is CCCCCCN(c1ccc(C=O)cc1)c1ccc(/C=C/c2nc3nc4ccccc4nc3s2)cc1. The lowest BCUT2D eigenvalue weighted by Gasteiger charge is -2.25. The first-order valence-electron chi connectivity index (χ1n) is 12.4. The first-order chi connectivity index (χ1) is 17.7. The van der Waals surface area contributed by atoms with Gasteiger partial charge in [0.05, 0.1) is 11.0 Å². The van der Waals surface area contributed by atoms with Crippen molar-refractivity contribution in [2.45, 2.75) is 32.6 Å². The van der Waals surface area contributed by atoms with E-state index in [1.165, 1.54) is 19.3 Å². The molecule has 5 aromatic rings. The maximum atomic E-state index is 11.1. The van der Waals surface area contributed by atoms with Crippen molar-refractivity contribution in [2.24, 2.45) is 0 Å². The van der Waals surface area contributed by atoms with Crippen LogP contribution < -0.4 is 4.90 Å². The highest BCUT2D eigenvalue weighted by Gasteiger charge is 2.10. The molecule has 0 unspecified atom stereocenters. The number of anilines is 2. The smallest absolute Gasteiger partial charge is 0.190 e. The van der Waals surface area contributed by atoms with Crippen molar-refractivity contribution in [3.8, 4) is 0 Å². The van der Waals surface area contributed by atoms with Crippen LogP contribution in [0.25, 0.3) is 33.7 Å². The van der Waals surface area contributed by atoms with Gasteiger partial charge >= 0.3 is 0 Å². The molecule has 0 spiro atoms. The zero-order valence-electron chi connectivity index (χ0n) is 20.3. The zero-order valence-corrected chi connectivity index (χ0v) is 21.1. The Hall–Kier alpha value is -3.90. The van der Waals surface area contributed by atoms with Gasteiger partial charge < -0.3 is 4.90 Å². The van der Waals surface area contributed by atoms with Crippen LogP contribution >= 0.6 is 11.3 Å². The average Bonchev–Trinajstić information content (AvgIpc) is 3.33. The van der Waals surface area contributed by atoms with Crippen LogP contribution in [0.3, 0.4) is 0 Å². The Morgan fingerprint density at radius 1 is 0.750 bits per heavy atom. The van der Waals surface area contributed by atoms with Crippen molar-refractivity contribution >= 4 is 62.7 Å². The number of benzene rings is 3. The second-order valence-electron chi connectivity index (χ2n) is 8.74. The van der Waals surface area contributed by atoms with Crippen molar-refractivity contribution in [1.29, 1.82) is 0 Å². The number of unbranched alkanes of at least 4 members (excludes halogenated alkanes) is 3. The molecule has 0 aliphatic heterocycles. The molecular formula is C30H28N4OS. The fraction of sp³-hybridized carbons (Fsp3) is 0.200. The van der Waals surface area contributed by atoms with Gasteiger partial charge in [0, 0.05) is 23.5 Å². The Balaban J connectivity index is 1.34. The summed E-state index contributed by atoms with van der Waals surface area (Å²) in [6.07, 6.45) is 9.78. The zero-order chi connectivity index (χ0) is 24.7. The highest BCUT2D eigenvalue weighted by molar-refractivity contribution is 7.18. The van der Waals surface area contributed by atoms with E-state index in [-0.39, 0.29) is 0 Å². The maximum absolute atomic E-state index is 11.1. The van der Waals surface area contributed by atoms with Crippen LogP contribution in [0.4, 0.5) is 11.4 Å². The Morgan fingerprint density at radius 3 is 2.08 bits per heavy atom. The second kappa shape index (κ2) is 11.2. The number of thiazole rings is 1. The third-order valence-corrected chi connectivity index (χ3v) is 7.04. The maximum Gasteiger partial charge on any atom is 0.190 e. The highest BCUT2D eigenvalue weighted by Crippen LogP contribution is 2.28. The molecule has 0 N–H and O–H groups in total. The van der Waals surface area contributed by atoms with E-state index in [0.29, 0.717) is 11.2 Å². The van der Waals surface area contributed by atoms with Crippen molar-refractivity contribution in [2.75, 3.05) is 11.4 Å². The fourth-order valence-corrected chi connectivity index (χ4v) is 4.98. The highest BCUT2D eigenvalue weighted by atomic mass is 32.1. The number of aldehydes is 1. The van der Waals surface area contributed by atoms with Gasteiger partial charge in [-0.05, 0) is 66.6 Å². The third kappa shape index (κ3) is 5.50. The Kier molecular flexibility index (Phi) is 7.43. The molecule has 36 heavy (non-hydrogen) atoms. The van der Waals surface area contributed by atoms with Gasteiger partial charge in [-0.3, -0.25) is 4.79 Å². The van der Waals surface area contributed by atoms with Crippen LogP contribution in [0.15, 0.2) is 72.8 Å². The van der Waals surface area contributed by atoms with Crippen molar-refractivity contribution in [3.63, 3.8) is 0 Å². The first-order valence-corrected chi connectivity index (χ1v) is 13.2. The Morgan fingerprint density at radius 2 is 1.42 bits per heavy atom. The number of para-hydroxylation sites is 2. The summed E-state index contributed by atoms with van der Waals surface area (Å²) in [7, 11) is 0. The number of carbonyl (C=O) groups excluding carboxylic acids is 1. The van der Waals surface area contributed by atoms with Gasteiger partial charge in [0.1, 0.15) is 11.3 Å². The molecular weight excluding hydrogens is 464 g/mol. The summed E-state index contributed by atoms with van der Waals surface area (Å²) in [5.41, 5.74) is 6.48. The summed E-state index contributed by atoms with van der Waals surface area (Å²) in [5, 5.41) is 0.886. The topological polar surface area (TPSA) is 59.0 Å². The molecule has 0 aliphatic rings. The van der Waals surface area contributed by atoms with Crippen LogP contribution in [0.2, 0.25) is 0 Å². The van der Waals surface area contributed by atoms with E-state index in [2.05, 4.69) is 52.1 Å². The summed E-state index contributed by atoms with van der Waals surface area (Å²) in [6.45, 7) is 3.17.